The molecule has 0 atom stereocenters. The highest BCUT2D eigenvalue weighted by Gasteiger charge is 2.20. The summed E-state index contributed by atoms with van der Waals surface area (Å²) in [6, 6.07) is 2.87. The van der Waals surface area contributed by atoms with E-state index in [2.05, 4.69) is 23.3 Å². The zero-order valence-electron chi connectivity index (χ0n) is 7.01. The lowest BCUT2D eigenvalue weighted by atomic mass is 10.1. The second kappa shape index (κ2) is 4.32. The van der Waals surface area contributed by atoms with Crippen LogP contribution in [0.3, 0.4) is 0 Å². The van der Waals surface area contributed by atoms with Gasteiger partial charge in [0.25, 0.3) is 0 Å². The van der Waals surface area contributed by atoms with Gasteiger partial charge in [-0.2, -0.15) is 5.26 Å². The summed E-state index contributed by atoms with van der Waals surface area (Å²) in [6.45, 7) is 3.28. The van der Waals surface area contributed by atoms with Crippen molar-refractivity contribution in [3.05, 3.63) is 0 Å². The number of rotatable bonds is 4. The number of unbranched alkanes of at least 4 members (excludes halogenated alkanes) is 1. The summed E-state index contributed by atoms with van der Waals surface area (Å²) in [5.41, 5.74) is 0. The fourth-order valence-electron chi connectivity index (χ4n) is 1.18. The largest absolute Gasteiger partial charge is 0.314 e. The van der Waals surface area contributed by atoms with Crippen LogP contribution in [0, 0.1) is 11.3 Å². The van der Waals surface area contributed by atoms with E-state index >= 15 is 0 Å². The minimum Gasteiger partial charge on any atom is -0.314 e. The molecule has 1 fully saturated rings. The lowest BCUT2D eigenvalue weighted by Crippen LogP contribution is -2.55. The SMILES string of the molecule is CN(CCCC#N)C1CNC1. The number of hydrogen-bond acceptors (Lipinski definition) is 3. The first kappa shape index (κ1) is 8.51. The Labute approximate surface area is 68.0 Å². The highest BCUT2D eigenvalue weighted by atomic mass is 15.2. The molecule has 1 aliphatic heterocycles. The van der Waals surface area contributed by atoms with Crippen molar-refractivity contribution < 1.29 is 0 Å². The average Bonchev–Trinajstić information content (AvgIpc) is 1.84. The zero-order chi connectivity index (χ0) is 8.10. The van der Waals surface area contributed by atoms with Gasteiger partial charge in [-0.05, 0) is 20.0 Å². The van der Waals surface area contributed by atoms with Crippen LogP contribution in [-0.2, 0) is 0 Å². The molecule has 1 N–H and O–H groups in total. The van der Waals surface area contributed by atoms with Gasteiger partial charge in [-0.15, -0.1) is 0 Å². The molecule has 0 saturated carbocycles. The number of nitrogens with zero attached hydrogens (tertiary/aromatic N) is 2. The standard InChI is InChI=1S/C8H15N3/c1-11(5-3-2-4-9)8-6-10-7-8/h8,10H,2-3,5-7H2,1H3. The second-order valence-corrected chi connectivity index (χ2v) is 3.05. The molecular formula is C8H15N3. The van der Waals surface area contributed by atoms with Gasteiger partial charge in [0.05, 0.1) is 6.07 Å². The summed E-state index contributed by atoms with van der Waals surface area (Å²) >= 11 is 0. The summed E-state index contributed by atoms with van der Waals surface area (Å²) < 4.78 is 0. The van der Waals surface area contributed by atoms with Crippen LogP contribution in [0.15, 0.2) is 0 Å². The third-order valence-electron chi connectivity index (χ3n) is 2.18. The molecule has 1 saturated heterocycles. The van der Waals surface area contributed by atoms with Crippen molar-refractivity contribution in [2.75, 3.05) is 26.7 Å². The molecule has 11 heavy (non-hydrogen) atoms. The molecule has 1 aliphatic rings. The molecule has 0 aromatic rings. The minimum absolute atomic E-state index is 0.685. The maximum absolute atomic E-state index is 8.31. The van der Waals surface area contributed by atoms with Crippen molar-refractivity contribution >= 4 is 0 Å². The highest BCUT2D eigenvalue weighted by Crippen LogP contribution is 2.02. The van der Waals surface area contributed by atoms with Crippen molar-refractivity contribution in [2.45, 2.75) is 18.9 Å². The van der Waals surface area contributed by atoms with Crippen LogP contribution in [0.1, 0.15) is 12.8 Å². The molecule has 0 bridgehead atoms. The Morgan fingerprint density at radius 2 is 2.36 bits per heavy atom. The fraction of sp³-hybridized carbons (Fsp3) is 0.875. The van der Waals surface area contributed by atoms with E-state index in [1.54, 1.807) is 0 Å². The van der Waals surface area contributed by atoms with E-state index in [-0.39, 0.29) is 0 Å². The van der Waals surface area contributed by atoms with E-state index in [1.165, 1.54) is 0 Å². The first-order valence-corrected chi connectivity index (χ1v) is 4.12. The molecular weight excluding hydrogens is 138 g/mol. The molecule has 1 heterocycles. The lowest BCUT2D eigenvalue weighted by Gasteiger charge is -2.35. The van der Waals surface area contributed by atoms with Crippen LogP contribution in [0.4, 0.5) is 0 Å². The third kappa shape index (κ3) is 2.49. The van der Waals surface area contributed by atoms with Crippen molar-refractivity contribution in [1.29, 1.82) is 5.26 Å². The van der Waals surface area contributed by atoms with Crippen molar-refractivity contribution in [3.63, 3.8) is 0 Å². The molecule has 0 radical (unpaired) electrons. The van der Waals surface area contributed by atoms with Crippen LogP contribution in [0.2, 0.25) is 0 Å². The molecule has 0 spiro atoms. The quantitative estimate of drug-likeness (QED) is 0.586. The normalized spacial score (nSPS) is 17.9. The van der Waals surface area contributed by atoms with Gasteiger partial charge in [0.15, 0.2) is 0 Å². The second-order valence-electron chi connectivity index (χ2n) is 3.05. The first-order valence-electron chi connectivity index (χ1n) is 4.12. The van der Waals surface area contributed by atoms with E-state index in [0.717, 1.165) is 26.1 Å². The predicted octanol–water partition coefficient (Wildman–Crippen LogP) is 0.194. The van der Waals surface area contributed by atoms with E-state index < -0.39 is 0 Å². The Morgan fingerprint density at radius 1 is 1.64 bits per heavy atom. The fourth-order valence-corrected chi connectivity index (χ4v) is 1.18. The average molecular weight is 153 g/mol. The number of likely N-dealkylation sites (N-methyl/N-ethyl adjacent to an activating group) is 1. The molecule has 0 amide bonds. The number of nitrogens with one attached hydrogen (secondary N) is 1. The number of nitriles is 1. The maximum Gasteiger partial charge on any atom is 0.0622 e. The smallest absolute Gasteiger partial charge is 0.0622 e. The maximum atomic E-state index is 8.31. The summed E-state index contributed by atoms with van der Waals surface area (Å²) in [5.74, 6) is 0. The summed E-state index contributed by atoms with van der Waals surface area (Å²) in [5, 5.41) is 11.5. The predicted molar refractivity (Wildman–Crippen MR) is 44.1 cm³/mol. The molecule has 3 heteroatoms. The van der Waals surface area contributed by atoms with Crippen LogP contribution < -0.4 is 5.32 Å². The summed E-state index contributed by atoms with van der Waals surface area (Å²) in [4.78, 5) is 2.33. The van der Waals surface area contributed by atoms with Gasteiger partial charge < -0.3 is 10.2 Å². The Hall–Kier alpha value is -0.590. The highest BCUT2D eigenvalue weighted by molar-refractivity contribution is 4.83. The van der Waals surface area contributed by atoms with Crippen LogP contribution in [0.5, 0.6) is 0 Å². The lowest BCUT2D eigenvalue weighted by molar-refractivity contribution is 0.179. The van der Waals surface area contributed by atoms with Gasteiger partial charge >= 0.3 is 0 Å². The van der Waals surface area contributed by atoms with E-state index in [9.17, 15) is 0 Å². The Bertz CT molecular complexity index is 146. The Morgan fingerprint density at radius 3 is 2.82 bits per heavy atom. The summed E-state index contributed by atoms with van der Waals surface area (Å²) in [6.07, 6.45) is 1.69. The molecule has 0 aliphatic carbocycles. The number of hydrogen-bond donors (Lipinski definition) is 1. The van der Waals surface area contributed by atoms with E-state index in [4.69, 9.17) is 5.26 Å². The van der Waals surface area contributed by atoms with Gasteiger partial charge in [-0.3, -0.25) is 0 Å². The Kier molecular flexibility index (Phi) is 3.34. The molecule has 62 valence electrons. The van der Waals surface area contributed by atoms with E-state index in [1.807, 2.05) is 0 Å². The van der Waals surface area contributed by atoms with Crippen LogP contribution in [0.25, 0.3) is 0 Å². The van der Waals surface area contributed by atoms with Crippen molar-refractivity contribution in [1.82, 2.24) is 10.2 Å². The summed E-state index contributed by atoms with van der Waals surface area (Å²) in [7, 11) is 2.13. The molecule has 3 nitrogen and oxygen atoms in total. The minimum atomic E-state index is 0.685. The molecule has 0 aromatic heterocycles. The molecule has 0 unspecified atom stereocenters. The zero-order valence-corrected chi connectivity index (χ0v) is 7.01. The van der Waals surface area contributed by atoms with Gasteiger partial charge in [-0.1, -0.05) is 0 Å². The molecule has 1 rings (SSSR count). The van der Waals surface area contributed by atoms with E-state index in [0.29, 0.717) is 12.5 Å². The van der Waals surface area contributed by atoms with Crippen LogP contribution in [-0.4, -0.2) is 37.6 Å². The van der Waals surface area contributed by atoms with Crippen molar-refractivity contribution in [3.8, 4) is 6.07 Å². The Balaban J connectivity index is 2.01. The van der Waals surface area contributed by atoms with Gasteiger partial charge in [0.2, 0.25) is 0 Å². The first-order chi connectivity index (χ1) is 5.34. The molecule has 0 aromatic carbocycles. The topological polar surface area (TPSA) is 39.1 Å². The van der Waals surface area contributed by atoms with Crippen molar-refractivity contribution in [2.24, 2.45) is 0 Å². The van der Waals surface area contributed by atoms with Crippen LogP contribution >= 0.6 is 0 Å². The third-order valence-corrected chi connectivity index (χ3v) is 2.18. The van der Waals surface area contributed by atoms with Gasteiger partial charge in [-0.25, -0.2) is 0 Å². The van der Waals surface area contributed by atoms with Gasteiger partial charge in [0, 0.05) is 25.6 Å². The monoisotopic (exact) mass is 153 g/mol. The van der Waals surface area contributed by atoms with Gasteiger partial charge in [0.1, 0.15) is 0 Å².